The van der Waals surface area contributed by atoms with Gasteiger partial charge < -0.3 is 19.3 Å². The second-order valence-electron chi connectivity index (χ2n) is 5.42. The molecule has 3 aromatic rings. The van der Waals surface area contributed by atoms with Crippen molar-refractivity contribution in [2.24, 2.45) is 0 Å². The lowest BCUT2D eigenvalue weighted by Crippen LogP contribution is -2.08. The summed E-state index contributed by atoms with van der Waals surface area (Å²) in [6.07, 6.45) is 1.72. The van der Waals surface area contributed by atoms with Crippen LogP contribution in [0.5, 0.6) is 5.75 Å². The van der Waals surface area contributed by atoms with Crippen molar-refractivity contribution in [3.63, 3.8) is 0 Å². The Bertz CT molecular complexity index is 958. The van der Waals surface area contributed by atoms with Gasteiger partial charge in [0, 0.05) is 16.8 Å². The predicted molar refractivity (Wildman–Crippen MR) is 103 cm³/mol. The number of aromatic nitrogens is 2. The quantitative estimate of drug-likeness (QED) is 0.545. The van der Waals surface area contributed by atoms with Crippen molar-refractivity contribution in [2.75, 3.05) is 12.4 Å². The topological polar surface area (TPSA) is 86.5 Å². The standard InChI is InChI=1S/C17H15Cl2N3O4S/c1-9-12(15(22-26-9)16(23)24-2)8-25-14-4-3-10(5-13(14)18)20-6-11-7-21-17(19)27-11/h3-5,7,20H,6,8H2,1-2H3. The molecule has 2 heterocycles. The van der Waals surface area contributed by atoms with Gasteiger partial charge in [-0.3, -0.25) is 0 Å². The number of methoxy groups -OCH3 is 1. The van der Waals surface area contributed by atoms with E-state index in [4.69, 9.17) is 32.5 Å². The molecule has 0 aliphatic rings. The van der Waals surface area contributed by atoms with Crippen LogP contribution in [0.25, 0.3) is 0 Å². The second kappa shape index (κ2) is 8.60. The van der Waals surface area contributed by atoms with Crippen molar-refractivity contribution in [3.8, 4) is 5.75 Å². The normalized spacial score (nSPS) is 10.7. The summed E-state index contributed by atoms with van der Waals surface area (Å²) in [6.45, 7) is 2.35. The lowest BCUT2D eigenvalue weighted by atomic mass is 10.2. The Morgan fingerprint density at radius 3 is 2.85 bits per heavy atom. The van der Waals surface area contributed by atoms with Crippen LogP contribution in [0.1, 0.15) is 26.7 Å². The van der Waals surface area contributed by atoms with Crippen LogP contribution in [0.3, 0.4) is 0 Å². The summed E-state index contributed by atoms with van der Waals surface area (Å²) in [5.41, 5.74) is 1.43. The number of carbonyl (C=O) groups is 1. The number of ether oxygens (including phenoxy) is 2. The SMILES string of the molecule is COC(=O)c1noc(C)c1COc1ccc(NCc2cnc(Cl)s2)cc1Cl. The molecule has 10 heteroatoms. The van der Waals surface area contributed by atoms with Crippen LogP contribution in [-0.2, 0) is 17.9 Å². The van der Waals surface area contributed by atoms with E-state index < -0.39 is 5.97 Å². The summed E-state index contributed by atoms with van der Waals surface area (Å²) in [5.74, 6) is 0.367. The Labute approximate surface area is 169 Å². The third kappa shape index (κ3) is 4.71. The van der Waals surface area contributed by atoms with E-state index in [1.165, 1.54) is 18.4 Å². The Hall–Kier alpha value is -2.29. The maximum Gasteiger partial charge on any atom is 0.360 e. The lowest BCUT2D eigenvalue weighted by molar-refractivity contribution is 0.0586. The van der Waals surface area contributed by atoms with Crippen molar-refractivity contribution in [1.82, 2.24) is 10.1 Å². The van der Waals surface area contributed by atoms with E-state index in [-0.39, 0.29) is 12.3 Å². The first-order valence-corrected chi connectivity index (χ1v) is 9.35. The number of hydrogen-bond acceptors (Lipinski definition) is 8. The number of nitrogens with zero attached hydrogens (tertiary/aromatic N) is 2. The molecule has 0 unspecified atom stereocenters. The molecule has 0 fully saturated rings. The number of halogens is 2. The molecule has 3 rings (SSSR count). The third-order valence-corrected chi connectivity index (χ3v) is 5.07. The smallest absolute Gasteiger partial charge is 0.360 e. The van der Waals surface area contributed by atoms with E-state index >= 15 is 0 Å². The minimum absolute atomic E-state index is 0.0750. The van der Waals surface area contributed by atoms with Gasteiger partial charge >= 0.3 is 5.97 Å². The summed E-state index contributed by atoms with van der Waals surface area (Å²) >= 11 is 13.5. The minimum Gasteiger partial charge on any atom is -0.487 e. The highest BCUT2D eigenvalue weighted by Crippen LogP contribution is 2.29. The fourth-order valence-corrected chi connectivity index (χ4v) is 3.40. The summed E-state index contributed by atoms with van der Waals surface area (Å²) in [5, 5.41) is 7.37. The van der Waals surface area contributed by atoms with E-state index in [9.17, 15) is 4.79 Å². The van der Waals surface area contributed by atoms with Gasteiger partial charge in [0.05, 0.1) is 24.2 Å². The van der Waals surface area contributed by atoms with Gasteiger partial charge in [0.1, 0.15) is 18.1 Å². The monoisotopic (exact) mass is 427 g/mol. The number of hydrogen-bond donors (Lipinski definition) is 1. The maximum atomic E-state index is 11.7. The number of esters is 1. The van der Waals surface area contributed by atoms with Crippen molar-refractivity contribution < 1.29 is 18.8 Å². The van der Waals surface area contributed by atoms with Crippen LogP contribution < -0.4 is 10.1 Å². The molecule has 0 aliphatic carbocycles. The number of anilines is 1. The summed E-state index contributed by atoms with van der Waals surface area (Å²) in [6, 6.07) is 5.33. The highest BCUT2D eigenvalue weighted by atomic mass is 35.5. The summed E-state index contributed by atoms with van der Waals surface area (Å²) in [7, 11) is 1.28. The molecule has 7 nitrogen and oxygen atoms in total. The molecule has 0 atom stereocenters. The van der Waals surface area contributed by atoms with E-state index in [0.29, 0.717) is 33.1 Å². The molecule has 0 aliphatic heterocycles. The van der Waals surface area contributed by atoms with Gasteiger partial charge in [-0.15, -0.1) is 11.3 Å². The van der Waals surface area contributed by atoms with E-state index in [1.54, 1.807) is 25.3 Å². The molecule has 27 heavy (non-hydrogen) atoms. The summed E-state index contributed by atoms with van der Waals surface area (Å²) < 4.78 is 16.0. The van der Waals surface area contributed by atoms with Crippen LogP contribution in [-0.4, -0.2) is 23.2 Å². The van der Waals surface area contributed by atoms with Gasteiger partial charge in [-0.05, 0) is 25.1 Å². The van der Waals surface area contributed by atoms with Crippen LogP contribution >= 0.6 is 34.5 Å². The number of thiazole rings is 1. The van der Waals surface area contributed by atoms with Gasteiger partial charge in [-0.2, -0.15) is 0 Å². The van der Waals surface area contributed by atoms with Gasteiger partial charge in [0.15, 0.2) is 10.2 Å². The summed E-state index contributed by atoms with van der Waals surface area (Å²) in [4.78, 5) is 16.7. The van der Waals surface area contributed by atoms with Crippen molar-refractivity contribution in [3.05, 3.63) is 55.8 Å². The van der Waals surface area contributed by atoms with Crippen LogP contribution in [0.2, 0.25) is 9.49 Å². The van der Waals surface area contributed by atoms with Crippen molar-refractivity contribution in [1.29, 1.82) is 0 Å². The van der Waals surface area contributed by atoms with Gasteiger partial charge in [0.25, 0.3) is 0 Å². The van der Waals surface area contributed by atoms with Gasteiger partial charge in [0.2, 0.25) is 0 Å². The van der Waals surface area contributed by atoms with E-state index in [1.807, 2.05) is 6.07 Å². The number of nitrogens with one attached hydrogen (secondary N) is 1. The van der Waals surface area contributed by atoms with Crippen LogP contribution in [0.15, 0.2) is 28.9 Å². The molecule has 0 bridgehead atoms. The Kier molecular flexibility index (Phi) is 6.20. The molecular formula is C17H15Cl2N3O4S. The first kappa shape index (κ1) is 19.5. The minimum atomic E-state index is -0.584. The molecule has 0 saturated heterocycles. The van der Waals surface area contributed by atoms with Crippen molar-refractivity contribution >= 4 is 46.2 Å². The molecule has 0 amide bonds. The molecule has 142 valence electrons. The molecule has 2 aromatic heterocycles. The fourth-order valence-electron chi connectivity index (χ4n) is 2.25. The van der Waals surface area contributed by atoms with Crippen LogP contribution in [0, 0.1) is 6.92 Å². The lowest BCUT2D eigenvalue weighted by Gasteiger charge is -2.10. The third-order valence-electron chi connectivity index (χ3n) is 3.66. The average Bonchev–Trinajstić information content (AvgIpc) is 3.24. The Morgan fingerprint density at radius 1 is 1.37 bits per heavy atom. The Balaban J connectivity index is 1.65. The predicted octanol–water partition coefficient (Wildman–Crippen LogP) is 4.72. The fraction of sp³-hybridized carbons (Fsp3) is 0.235. The number of carbonyl (C=O) groups excluding carboxylic acids is 1. The molecular weight excluding hydrogens is 413 g/mol. The average molecular weight is 428 g/mol. The van der Waals surface area contributed by atoms with E-state index in [0.717, 1.165) is 10.6 Å². The van der Waals surface area contributed by atoms with Gasteiger partial charge in [-0.25, -0.2) is 9.78 Å². The zero-order valence-corrected chi connectivity index (χ0v) is 16.7. The van der Waals surface area contributed by atoms with E-state index in [2.05, 4.69) is 20.2 Å². The first-order chi connectivity index (χ1) is 13.0. The molecule has 1 aromatic carbocycles. The molecule has 0 spiro atoms. The zero-order valence-electron chi connectivity index (χ0n) is 14.4. The van der Waals surface area contributed by atoms with Gasteiger partial charge in [-0.1, -0.05) is 28.4 Å². The number of rotatable bonds is 7. The first-order valence-electron chi connectivity index (χ1n) is 7.77. The van der Waals surface area contributed by atoms with Crippen LogP contribution in [0.4, 0.5) is 5.69 Å². The molecule has 0 radical (unpaired) electrons. The second-order valence-corrected chi connectivity index (χ2v) is 7.53. The zero-order chi connectivity index (χ0) is 19.4. The largest absolute Gasteiger partial charge is 0.487 e. The number of benzene rings is 1. The highest BCUT2D eigenvalue weighted by Gasteiger charge is 2.21. The highest BCUT2D eigenvalue weighted by molar-refractivity contribution is 7.15. The number of aryl methyl sites for hydroxylation is 1. The molecule has 0 saturated carbocycles. The maximum absolute atomic E-state index is 11.7. The van der Waals surface area contributed by atoms with Crippen molar-refractivity contribution in [2.45, 2.75) is 20.1 Å². The molecule has 1 N–H and O–H groups in total. The Morgan fingerprint density at radius 2 is 2.19 bits per heavy atom.